The number of Topliss-reactive ketones (excluding diaryl/α,β-unsaturated/α-hetero) is 1. The van der Waals surface area contributed by atoms with Crippen LogP contribution in [0.25, 0.3) is 6.08 Å². The average Bonchev–Trinajstić information content (AvgIpc) is 3.39. The Balaban J connectivity index is 1.54. The molecule has 3 aliphatic carbocycles. The Morgan fingerprint density at radius 3 is 2.78 bits per heavy atom. The lowest BCUT2D eigenvalue weighted by atomic mass is 9.63. The van der Waals surface area contributed by atoms with Gasteiger partial charge in [0.05, 0.1) is 18.3 Å². The van der Waals surface area contributed by atoms with Crippen LogP contribution < -0.4 is 4.74 Å². The van der Waals surface area contributed by atoms with Crippen LogP contribution >= 0.6 is 0 Å². The molecule has 3 fully saturated rings. The number of hydrogen-bond donors (Lipinski definition) is 3. The second-order valence-electron chi connectivity index (χ2n) is 8.13. The predicted octanol–water partition coefficient (Wildman–Crippen LogP) is 0.607. The molecule has 142 valence electrons. The quantitative estimate of drug-likeness (QED) is 0.573. The van der Waals surface area contributed by atoms with Gasteiger partial charge in [-0.15, -0.1) is 0 Å². The fourth-order valence-corrected chi connectivity index (χ4v) is 5.71. The summed E-state index contributed by atoms with van der Waals surface area (Å²) < 4.78 is 18.6. The molecule has 2 heterocycles. The number of aliphatic hydroxyl groups is 3. The zero-order valence-corrected chi connectivity index (χ0v) is 14.5. The number of rotatable bonds is 0. The van der Waals surface area contributed by atoms with Crippen molar-refractivity contribution in [2.75, 3.05) is 0 Å². The molecule has 7 heteroatoms. The summed E-state index contributed by atoms with van der Waals surface area (Å²) in [6.07, 6.45) is 1.06. The van der Waals surface area contributed by atoms with E-state index in [1.54, 1.807) is 0 Å². The third kappa shape index (κ3) is 1.61. The molecule has 3 N–H and O–H groups in total. The lowest BCUT2D eigenvalue weighted by molar-refractivity contribution is -0.296. The van der Waals surface area contributed by atoms with Crippen molar-refractivity contribution in [2.45, 2.75) is 67.1 Å². The van der Waals surface area contributed by atoms with E-state index in [0.29, 0.717) is 12.2 Å². The minimum absolute atomic E-state index is 0.152. The molecule has 7 nitrogen and oxygen atoms in total. The van der Waals surface area contributed by atoms with Crippen molar-refractivity contribution in [1.29, 1.82) is 0 Å². The number of hydrogen-bond acceptors (Lipinski definition) is 7. The maximum absolute atomic E-state index is 12.8. The predicted molar refractivity (Wildman–Crippen MR) is 90.7 cm³/mol. The molecule has 0 aromatic heterocycles. The van der Waals surface area contributed by atoms with Crippen LogP contribution in [0.4, 0.5) is 0 Å². The highest BCUT2D eigenvalue weighted by molar-refractivity contribution is 5.98. The third-order valence-electron chi connectivity index (χ3n) is 6.86. The van der Waals surface area contributed by atoms with E-state index in [4.69, 9.17) is 14.2 Å². The zero-order valence-electron chi connectivity index (χ0n) is 14.5. The zero-order chi connectivity index (χ0) is 18.6. The first kappa shape index (κ1) is 16.2. The molecule has 27 heavy (non-hydrogen) atoms. The monoisotopic (exact) mass is 372 g/mol. The molecule has 2 aliphatic heterocycles. The van der Waals surface area contributed by atoms with Crippen molar-refractivity contribution in [3.05, 3.63) is 35.4 Å². The van der Waals surface area contributed by atoms with Gasteiger partial charge in [0.25, 0.3) is 0 Å². The first-order valence-electron chi connectivity index (χ1n) is 9.40. The van der Waals surface area contributed by atoms with E-state index < -0.39 is 41.1 Å². The molecular formula is C20H20O7. The largest absolute Gasteiger partial charge is 0.458 e. The van der Waals surface area contributed by atoms with Crippen LogP contribution in [0, 0.1) is 0 Å². The minimum Gasteiger partial charge on any atom is -0.458 e. The Kier molecular flexibility index (Phi) is 2.88. The van der Waals surface area contributed by atoms with Crippen LogP contribution in [-0.4, -0.2) is 56.4 Å². The summed E-state index contributed by atoms with van der Waals surface area (Å²) >= 11 is 0. The van der Waals surface area contributed by atoms with Gasteiger partial charge in [-0.05, 0) is 30.9 Å². The molecule has 1 saturated heterocycles. The lowest BCUT2D eigenvalue weighted by Gasteiger charge is -2.52. The average molecular weight is 372 g/mol. The molecule has 0 radical (unpaired) electrons. The van der Waals surface area contributed by atoms with Gasteiger partial charge in [-0.25, -0.2) is 0 Å². The first-order chi connectivity index (χ1) is 13.0. The van der Waals surface area contributed by atoms with E-state index in [2.05, 4.69) is 0 Å². The highest BCUT2D eigenvalue weighted by Gasteiger charge is 2.93. The van der Waals surface area contributed by atoms with Crippen LogP contribution in [0.2, 0.25) is 0 Å². The molecule has 0 bridgehead atoms. The number of benzene rings is 1. The van der Waals surface area contributed by atoms with Gasteiger partial charge in [0.15, 0.2) is 17.0 Å². The van der Waals surface area contributed by atoms with Crippen molar-refractivity contribution in [3.8, 4) is 5.75 Å². The number of ketones is 1. The molecule has 1 aromatic rings. The van der Waals surface area contributed by atoms with Gasteiger partial charge < -0.3 is 29.5 Å². The van der Waals surface area contributed by atoms with Gasteiger partial charge in [0, 0.05) is 12.0 Å². The minimum atomic E-state index is -1.68. The fraction of sp³-hybridized carbons (Fsp3) is 0.550. The maximum atomic E-state index is 12.8. The van der Waals surface area contributed by atoms with E-state index in [1.165, 1.54) is 0 Å². The summed E-state index contributed by atoms with van der Waals surface area (Å²) in [4.78, 5) is 12.8. The van der Waals surface area contributed by atoms with Gasteiger partial charge >= 0.3 is 0 Å². The van der Waals surface area contributed by atoms with Crippen LogP contribution in [0.15, 0.2) is 24.3 Å². The summed E-state index contributed by atoms with van der Waals surface area (Å²) in [6, 6.07) is 5.67. The summed E-state index contributed by atoms with van der Waals surface area (Å²) in [5.74, 6) is -1.54. The highest BCUT2D eigenvalue weighted by Crippen LogP contribution is 2.69. The van der Waals surface area contributed by atoms with Gasteiger partial charge in [0.2, 0.25) is 5.79 Å². The first-order valence-corrected chi connectivity index (χ1v) is 9.40. The summed E-state index contributed by atoms with van der Waals surface area (Å²) in [7, 11) is 0. The van der Waals surface area contributed by atoms with Crippen molar-refractivity contribution < 1.29 is 34.3 Å². The van der Waals surface area contributed by atoms with Gasteiger partial charge in [-0.1, -0.05) is 24.3 Å². The SMILES string of the molecule is O=C1C(O)C[C@@]2(Oc3cccc4c3C(CC=C4)O2)C23OC12C(O)CCC3O. The Morgan fingerprint density at radius 2 is 1.93 bits per heavy atom. The second-order valence-corrected chi connectivity index (χ2v) is 8.13. The summed E-state index contributed by atoms with van der Waals surface area (Å²) in [5.41, 5.74) is -1.27. The topological polar surface area (TPSA) is 109 Å². The Morgan fingerprint density at radius 1 is 1.11 bits per heavy atom. The van der Waals surface area contributed by atoms with Crippen LogP contribution in [-0.2, 0) is 14.3 Å². The Labute approximate surface area is 155 Å². The summed E-state index contributed by atoms with van der Waals surface area (Å²) in [6.45, 7) is 0. The van der Waals surface area contributed by atoms with Crippen molar-refractivity contribution in [2.24, 2.45) is 0 Å². The third-order valence-corrected chi connectivity index (χ3v) is 6.86. The normalized spacial score (nSPS) is 49.1. The van der Waals surface area contributed by atoms with E-state index in [0.717, 1.165) is 11.1 Å². The van der Waals surface area contributed by atoms with Crippen LogP contribution in [0.3, 0.4) is 0 Å². The van der Waals surface area contributed by atoms with E-state index in [9.17, 15) is 20.1 Å². The molecule has 2 saturated carbocycles. The van der Waals surface area contributed by atoms with Gasteiger partial charge in [-0.3, -0.25) is 4.79 Å². The van der Waals surface area contributed by atoms with Gasteiger partial charge in [-0.2, -0.15) is 0 Å². The van der Waals surface area contributed by atoms with Crippen LogP contribution in [0.5, 0.6) is 5.75 Å². The summed E-state index contributed by atoms with van der Waals surface area (Å²) in [5, 5.41) is 32.0. The molecular weight excluding hydrogens is 352 g/mol. The number of aliphatic hydroxyl groups excluding tert-OH is 3. The smallest absolute Gasteiger partial charge is 0.249 e. The fourth-order valence-electron chi connectivity index (χ4n) is 5.71. The lowest BCUT2D eigenvalue weighted by Crippen LogP contribution is -2.73. The molecule has 7 atom stereocenters. The number of carbonyl (C=O) groups excluding carboxylic acids is 1. The molecule has 1 aromatic carbocycles. The number of epoxide rings is 1. The molecule has 6 rings (SSSR count). The maximum Gasteiger partial charge on any atom is 0.249 e. The highest BCUT2D eigenvalue weighted by atomic mass is 16.8. The standard InChI is InChI=1S/C20H20O7/c21-11-9-18(20-15(23)8-7-14(22)19(20,27-20)17(11)24)25-12-5-1-3-10-4-2-6-13(26-18)16(10)12/h1-5,11,13-15,21-23H,6-9H2/t11?,13?,14?,15?,18-,19?,20?/m0/s1. The van der Waals surface area contributed by atoms with Crippen molar-refractivity contribution in [3.63, 3.8) is 0 Å². The molecule has 0 amide bonds. The van der Waals surface area contributed by atoms with Gasteiger partial charge in [0.1, 0.15) is 11.9 Å². The van der Waals surface area contributed by atoms with E-state index >= 15 is 0 Å². The Hall–Kier alpha value is -1.77. The number of ether oxygens (including phenoxy) is 3. The van der Waals surface area contributed by atoms with E-state index in [-0.39, 0.29) is 25.4 Å². The van der Waals surface area contributed by atoms with Crippen LogP contribution in [0.1, 0.15) is 42.9 Å². The van der Waals surface area contributed by atoms with Crippen molar-refractivity contribution >= 4 is 11.9 Å². The molecule has 6 unspecified atom stereocenters. The number of carbonyl (C=O) groups is 1. The molecule has 5 aliphatic rings. The van der Waals surface area contributed by atoms with Crippen molar-refractivity contribution in [1.82, 2.24) is 0 Å². The van der Waals surface area contributed by atoms with E-state index in [1.807, 2.05) is 30.4 Å². The second kappa shape index (κ2) is 4.79. The molecule has 1 spiro atoms. The Bertz CT molecular complexity index is 896.